The number of aromatic nitrogens is 1. The second-order valence-corrected chi connectivity index (χ2v) is 23.6. The van der Waals surface area contributed by atoms with Gasteiger partial charge in [-0.1, -0.05) is 26.0 Å². The summed E-state index contributed by atoms with van der Waals surface area (Å²) in [5.41, 5.74) is 2.06. The Labute approximate surface area is 376 Å². The molecule has 3 heterocycles. The lowest BCUT2D eigenvalue weighted by Crippen LogP contribution is -2.28. The molecule has 5 aromatic rings. The van der Waals surface area contributed by atoms with Crippen LogP contribution in [0, 0.1) is 0 Å². The largest absolute Gasteiger partial charge is 0.344 e. The highest BCUT2D eigenvalue weighted by atomic mass is 32.2. The number of fused-ring (bicyclic) bond motifs is 6. The topological polar surface area (TPSA) is 297 Å². The molecule has 6 N–H and O–H groups in total. The van der Waals surface area contributed by atoms with Gasteiger partial charge in [0.15, 0.2) is 5.71 Å². The van der Waals surface area contributed by atoms with Gasteiger partial charge in [0.2, 0.25) is 15.7 Å². The second kappa shape index (κ2) is 15.7. The second-order valence-electron chi connectivity index (χ2n) is 16.4. The van der Waals surface area contributed by atoms with Crippen LogP contribution in [0.25, 0.3) is 27.1 Å². The number of hydrogen-bond acceptors (Lipinski definition) is 12. The van der Waals surface area contributed by atoms with Crippen LogP contribution in [0.15, 0.2) is 121 Å². The van der Waals surface area contributed by atoms with E-state index in [-0.39, 0.29) is 32.1 Å². The number of sulfonamides is 1. The fraction of sp³-hybridized carbons (Fsp3) is 0.238. The molecule has 0 fully saturated rings. The summed E-state index contributed by atoms with van der Waals surface area (Å²) in [5.74, 6) is 0. The zero-order valence-corrected chi connectivity index (χ0v) is 39.5. The molecule has 65 heavy (non-hydrogen) atoms. The summed E-state index contributed by atoms with van der Waals surface area (Å²) in [4.78, 5) is 3.14. The minimum Gasteiger partial charge on any atom is -0.344 e. The van der Waals surface area contributed by atoms with Crippen molar-refractivity contribution in [1.82, 2.24) is 4.98 Å². The fourth-order valence-electron chi connectivity index (χ4n) is 8.97. The van der Waals surface area contributed by atoms with Gasteiger partial charge >= 0.3 is 0 Å². The molecule has 0 saturated carbocycles. The third-order valence-corrected chi connectivity index (χ3v) is 16.1. The van der Waals surface area contributed by atoms with Crippen LogP contribution in [0.3, 0.4) is 0 Å². The van der Waals surface area contributed by atoms with Crippen molar-refractivity contribution in [2.45, 2.75) is 76.8 Å². The first kappa shape index (κ1) is 47.7. The molecule has 0 aliphatic carbocycles. The van der Waals surface area contributed by atoms with Crippen LogP contribution in [0.5, 0.6) is 0 Å². The van der Waals surface area contributed by atoms with Gasteiger partial charge in [-0.25, -0.2) is 13.6 Å². The third-order valence-electron chi connectivity index (χ3n) is 11.8. The smallest absolute Gasteiger partial charge is 0.295 e. The van der Waals surface area contributed by atoms with Gasteiger partial charge in [-0.15, -0.1) is 0 Å². The summed E-state index contributed by atoms with van der Waals surface area (Å²) in [6.45, 7) is 11.7. The molecule has 344 valence electrons. The van der Waals surface area contributed by atoms with Crippen molar-refractivity contribution in [3.63, 3.8) is 0 Å². The Morgan fingerprint density at radius 2 is 1.22 bits per heavy atom. The number of allylic oxidation sites excluding steroid dienone is 6. The quantitative estimate of drug-likeness (QED) is 0.0597. The van der Waals surface area contributed by atoms with Crippen molar-refractivity contribution in [3.05, 3.63) is 114 Å². The highest BCUT2D eigenvalue weighted by Crippen LogP contribution is 2.52. The molecule has 0 bridgehead atoms. The Kier molecular flexibility index (Phi) is 11.5. The zero-order valence-electron chi connectivity index (χ0n) is 35.4. The lowest BCUT2D eigenvalue weighted by molar-refractivity contribution is -0.433. The van der Waals surface area contributed by atoms with Crippen molar-refractivity contribution in [1.29, 1.82) is 0 Å². The molecule has 0 amide bonds. The van der Waals surface area contributed by atoms with E-state index in [9.17, 15) is 60.3 Å². The Morgan fingerprint density at radius 3 is 1.68 bits per heavy atom. The summed E-state index contributed by atoms with van der Waals surface area (Å²) in [6.07, 6.45) is 8.02. The van der Waals surface area contributed by atoms with Crippen molar-refractivity contribution < 1.29 is 64.9 Å². The Hall–Kier alpha value is -5.21. The van der Waals surface area contributed by atoms with Crippen LogP contribution in [-0.2, 0) is 61.3 Å². The molecule has 2 aliphatic rings. The molecule has 1 aromatic heterocycles. The van der Waals surface area contributed by atoms with Crippen LogP contribution >= 0.6 is 0 Å². The lowest BCUT2D eigenvalue weighted by Gasteiger charge is -2.26. The van der Waals surface area contributed by atoms with Gasteiger partial charge < -0.3 is 4.90 Å². The van der Waals surface area contributed by atoms with E-state index in [4.69, 9.17) is 5.14 Å². The lowest BCUT2D eigenvalue weighted by atomic mass is 9.79. The molecule has 0 atom stereocenters. The number of hydrogen-bond donors (Lipinski definition) is 5. The molecule has 18 nitrogen and oxygen atoms in total. The summed E-state index contributed by atoms with van der Waals surface area (Å²) in [5, 5.41) is 5.67. The van der Waals surface area contributed by atoms with Gasteiger partial charge in [-0.2, -0.15) is 38.2 Å². The van der Waals surface area contributed by atoms with Gasteiger partial charge in [0.1, 0.15) is 21.2 Å². The first-order chi connectivity index (χ1) is 29.8. The predicted octanol–water partition coefficient (Wildman–Crippen LogP) is 5.76. The molecule has 2 aliphatic heterocycles. The van der Waals surface area contributed by atoms with E-state index in [1.54, 1.807) is 36.4 Å². The van der Waals surface area contributed by atoms with Crippen molar-refractivity contribution in [2.24, 2.45) is 5.14 Å². The summed E-state index contributed by atoms with van der Waals surface area (Å²) >= 11 is 0. The predicted molar refractivity (Wildman–Crippen MR) is 243 cm³/mol. The summed E-state index contributed by atoms with van der Waals surface area (Å²) in [7, 11) is -24.0. The molecule has 7 rings (SSSR count). The number of benzene rings is 4. The van der Waals surface area contributed by atoms with Crippen molar-refractivity contribution >= 4 is 94.7 Å². The minimum atomic E-state index is -4.98. The van der Waals surface area contributed by atoms with E-state index in [1.165, 1.54) is 24.3 Å². The summed E-state index contributed by atoms with van der Waals surface area (Å²) in [6, 6.07) is 12.5. The standard InChI is InChI=1S/C42H42N4O14S5/c1-7-45-33-15-12-28-30(19-26(62(49,50)51)21-35(28)64(55,56)57)39(33)41(3,4)37(45)17-9-24(32-14-11-25(23-44-32)61(43,47)48)10-18-38-42(5,6)40-31-20-27(63(52,53)54)22-36(65(58,59)60)29(31)13-16-34(40)46(38)8-2/h9-23H,7-8H2,1-6H3,(H5-,43,47,48,49,50,51,52,53,54,55,56,57,58,59,60)/p+1. The Balaban J connectivity index is 1.44. The van der Waals surface area contributed by atoms with Gasteiger partial charge in [-0.05, 0) is 105 Å². The zero-order chi connectivity index (χ0) is 48.2. The number of rotatable bonds is 11. The number of pyridine rings is 1. The normalized spacial score (nSPS) is 17.5. The molecule has 23 heteroatoms. The third kappa shape index (κ3) is 8.34. The molecular weight excluding hydrogens is 945 g/mol. The van der Waals surface area contributed by atoms with Gasteiger partial charge in [0, 0.05) is 63.6 Å². The van der Waals surface area contributed by atoms with E-state index in [0.29, 0.717) is 64.7 Å². The molecule has 0 radical (unpaired) electrons. The SMILES string of the molecule is CCN1\C(=C/C=C(/C=C/C2=[N+](CC)c3ccc4c(S(=O)(=O)O)cc(S(=O)(=O)O)cc4c3C2(C)C)c2ccc(S(N)(=O)=O)cn2)C(C)(C)c2c1ccc1c(S(=O)(=O)O)cc(S(=O)(=O)O)cc21. The van der Waals surface area contributed by atoms with Crippen LogP contribution in [0.4, 0.5) is 11.4 Å². The maximum absolute atomic E-state index is 12.5. The van der Waals surface area contributed by atoms with Crippen LogP contribution < -0.4 is 10.0 Å². The van der Waals surface area contributed by atoms with E-state index in [0.717, 1.165) is 18.3 Å². The van der Waals surface area contributed by atoms with Crippen LogP contribution in [-0.4, -0.2) is 88.7 Å². The van der Waals surface area contributed by atoms with Crippen LogP contribution in [0.2, 0.25) is 0 Å². The van der Waals surface area contributed by atoms with E-state index in [2.05, 4.69) is 4.98 Å². The Bertz CT molecular complexity index is 3630. The molecule has 0 spiro atoms. The van der Waals surface area contributed by atoms with Crippen LogP contribution in [0.1, 0.15) is 58.4 Å². The highest BCUT2D eigenvalue weighted by molar-refractivity contribution is 7.89. The van der Waals surface area contributed by atoms with Gasteiger partial charge in [0.05, 0.1) is 20.9 Å². The maximum atomic E-state index is 12.5. The summed E-state index contributed by atoms with van der Waals surface area (Å²) < 4.78 is 166. The highest BCUT2D eigenvalue weighted by Gasteiger charge is 2.46. The average Bonchev–Trinajstić information content (AvgIpc) is 3.56. The van der Waals surface area contributed by atoms with E-state index in [1.807, 2.05) is 51.0 Å². The van der Waals surface area contributed by atoms with E-state index < -0.39 is 80.9 Å². The number of nitrogens with zero attached hydrogens (tertiary/aromatic N) is 3. The van der Waals surface area contributed by atoms with Gasteiger partial charge in [0.25, 0.3) is 40.5 Å². The number of anilines is 1. The fourth-order valence-corrected chi connectivity index (χ4v) is 12.1. The Morgan fingerprint density at radius 1 is 0.677 bits per heavy atom. The van der Waals surface area contributed by atoms with Crippen molar-refractivity contribution in [2.75, 3.05) is 18.0 Å². The average molecular weight is 988 g/mol. The molecule has 0 unspecified atom stereocenters. The first-order valence-corrected chi connectivity index (χ1v) is 26.8. The maximum Gasteiger partial charge on any atom is 0.295 e. The number of likely N-dealkylation sites (N-methyl/N-ethyl adjacent to an activating group) is 1. The number of nitrogens with two attached hydrogens (primary N) is 1. The number of primary sulfonamides is 1. The van der Waals surface area contributed by atoms with E-state index >= 15 is 0 Å². The molecule has 4 aromatic carbocycles. The molecular formula is C42H43N4O14S5+. The van der Waals surface area contributed by atoms with Gasteiger partial charge in [-0.3, -0.25) is 23.2 Å². The van der Waals surface area contributed by atoms with Crippen molar-refractivity contribution in [3.8, 4) is 0 Å². The molecule has 0 saturated heterocycles. The first-order valence-electron chi connectivity index (χ1n) is 19.5. The minimum absolute atomic E-state index is 0.0104. The monoisotopic (exact) mass is 987 g/mol.